The first-order chi connectivity index (χ1) is 13.9. The number of rotatable bonds is 3. The Morgan fingerprint density at radius 1 is 1.24 bits per heavy atom. The lowest BCUT2D eigenvalue weighted by molar-refractivity contribution is 0.0973. The predicted octanol–water partition coefficient (Wildman–Crippen LogP) is 3.37. The van der Waals surface area contributed by atoms with Crippen molar-refractivity contribution in [3.8, 4) is 17.1 Å². The van der Waals surface area contributed by atoms with E-state index in [0.717, 1.165) is 25.9 Å². The number of hydrogen-bond acceptors (Lipinski definition) is 7. The van der Waals surface area contributed by atoms with Gasteiger partial charge in [-0.2, -0.15) is 0 Å². The average molecular weight is 438 g/mol. The standard InChI is InChI=1S/C20H25Cl2N5O2/c1-11-16(23)20(10-29-11)6-8-27(9-7-20)18-19(28-2)25-15(17(24)26-18)12-4-3-5-13(21)14(12)22/h3-5,11,16H,6-10,23H2,1-2H3,(H2,24,26)/t11-,16+/m0/s1. The van der Waals surface area contributed by atoms with Gasteiger partial charge < -0.3 is 25.8 Å². The van der Waals surface area contributed by atoms with Crippen LogP contribution < -0.4 is 21.1 Å². The molecule has 2 atom stereocenters. The number of aromatic nitrogens is 2. The summed E-state index contributed by atoms with van der Waals surface area (Å²) in [7, 11) is 1.57. The second-order valence-electron chi connectivity index (χ2n) is 7.78. The van der Waals surface area contributed by atoms with Crippen molar-refractivity contribution >= 4 is 34.8 Å². The zero-order chi connectivity index (χ0) is 20.8. The largest absolute Gasteiger partial charge is 0.478 e. The van der Waals surface area contributed by atoms with Gasteiger partial charge in [-0.15, -0.1) is 0 Å². The first-order valence-electron chi connectivity index (χ1n) is 9.64. The fourth-order valence-corrected chi connectivity index (χ4v) is 4.68. The SMILES string of the molecule is COc1nc(-c2cccc(Cl)c2Cl)c(N)nc1N1CCC2(CC1)CO[C@@H](C)[C@H]2N. The lowest BCUT2D eigenvalue weighted by atomic mass is 9.73. The molecule has 7 nitrogen and oxygen atoms in total. The molecular weight excluding hydrogens is 413 g/mol. The van der Waals surface area contributed by atoms with Crippen LogP contribution in [0.25, 0.3) is 11.3 Å². The van der Waals surface area contributed by atoms with E-state index in [1.807, 2.05) is 6.92 Å². The minimum Gasteiger partial charge on any atom is -0.478 e. The van der Waals surface area contributed by atoms with Gasteiger partial charge in [0.05, 0.1) is 29.9 Å². The van der Waals surface area contributed by atoms with Crippen LogP contribution in [0.3, 0.4) is 0 Å². The molecule has 9 heteroatoms. The average Bonchev–Trinajstić information content (AvgIpc) is 2.99. The minimum atomic E-state index is 0.0242. The fraction of sp³-hybridized carbons (Fsp3) is 0.500. The molecule has 156 valence electrons. The smallest absolute Gasteiger partial charge is 0.258 e. The third-order valence-electron chi connectivity index (χ3n) is 6.18. The summed E-state index contributed by atoms with van der Waals surface area (Å²) in [5.41, 5.74) is 13.8. The molecule has 1 aromatic heterocycles. The van der Waals surface area contributed by atoms with Crippen LogP contribution in [0.15, 0.2) is 18.2 Å². The van der Waals surface area contributed by atoms with E-state index in [1.54, 1.807) is 25.3 Å². The number of nitrogens with two attached hydrogens (primary N) is 2. The van der Waals surface area contributed by atoms with Gasteiger partial charge in [0.1, 0.15) is 5.69 Å². The molecule has 1 spiro atoms. The van der Waals surface area contributed by atoms with Crippen molar-refractivity contribution in [3.05, 3.63) is 28.2 Å². The van der Waals surface area contributed by atoms with Gasteiger partial charge in [-0.25, -0.2) is 9.97 Å². The highest BCUT2D eigenvalue weighted by Crippen LogP contribution is 2.43. The predicted molar refractivity (Wildman–Crippen MR) is 116 cm³/mol. The molecule has 0 amide bonds. The Kier molecular flexibility index (Phi) is 5.50. The minimum absolute atomic E-state index is 0.0242. The molecule has 0 aliphatic carbocycles. The lowest BCUT2D eigenvalue weighted by Gasteiger charge is -2.41. The van der Waals surface area contributed by atoms with E-state index in [4.69, 9.17) is 44.1 Å². The van der Waals surface area contributed by atoms with Gasteiger partial charge in [0.25, 0.3) is 5.88 Å². The van der Waals surface area contributed by atoms with Crippen molar-refractivity contribution in [3.63, 3.8) is 0 Å². The van der Waals surface area contributed by atoms with Crippen LogP contribution in [0.5, 0.6) is 5.88 Å². The van der Waals surface area contributed by atoms with E-state index in [1.165, 1.54) is 0 Å². The summed E-state index contributed by atoms with van der Waals surface area (Å²) in [6, 6.07) is 5.36. The molecule has 2 aromatic rings. The molecule has 2 aliphatic rings. The van der Waals surface area contributed by atoms with E-state index >= 15 is 0 Å². The normalized spacial score (nSPS) is 23.6. The van der Waals surface area contributed by atoms with Crippen LogP contribution in [-0.4, -0.2) is 48.9 Å². The maximum Gasteiger partial charge on any atom is 0.258 e. The summed E-state index contributed by atoms with van der Waals surface area (Å²) in [6.07, 6.45) is 1.93. The third-order valence-corrected chi connectivity index (χ3v) is 7.00. The highest BCUT2D eigenvalue weighted by molar-refractivity contribution is 6.43. The Hall–Kier alpha value is -1.80. The number of anilines is 2. The molecule has 2 aliphatic heterocycles. The van der Waals surface area contributed by atoms with Gasteiger partial charge in [0, 0.05) is 30.1 Å². The molecule has 0 radical (unpaired) electrons. The lowest BCUT2D eigenvalue weighted by Crippen LogP contribution is -2.50. The first-order valence-corrected chi connectivity index (χ1v) is 10.4. The first kappa shape index (κ1) is 20.5. The van der Waals surface area contributed by atoms with Gasteiger partial charge in [0.15, 0.2) is 11.6 Å². The van der Waals surface area contributed by atoms with Crippen LogP contribution in [0, 0.1) is 5.41 Å². The van der Waals surface area contributed by atoms with Crippen molar-refractivity contribution in [2.45, 2.75) is 31.9 Å². The van der Waals surface area contributed by atoms with Crippen molar-refractivity contribution in [2.75, 3.05) is 37.4 Å². The molecule has 0 unspecified atom stereocenters. The zero-order valence-corrected chi connectivity index (χ0v) is 18.0. The monoisotopic (exact) mass is 437 g/mol. The molecule has 0 bridgehead atoms. The third kappa shape index (κ3) is 3.50. The molecule has 1 aromatic carbocycles. The second kappa shape index (κ2) is 7.80. The van der Waals surface area contributed by atoms with Crippen LogP contribution >= 0.6 is 23.2 Å². The molecule has 2 saturated heterocycles. The Labute approximate surface area is 180 Å². The van der Waals surface area contributed by atoms with Gasteiger partial charge in [-0.3, -0.25) is 0 Å². The van der Waals surface area contributed by atoms with Gasteiger partial charge >= 0.3 is 0 Å². The molecule has 29 heavy (non-hydrogen) atoms. The topological polar surface area (TPSA) is 99.5 Å². The Bertz CT molecular complexity index is 918. The molecule has 3 heterocycles. The molecule has 4 N–H and O–H groups in total. The molecule has 2 fully saturated rings. The number of ether oxygens (including phenoxy) is 2. The van der Waals surface area contributed by atoms with E-state index in [-0.39, 0.29) is 23.4 Å². The highest BCUT2D eigenvalue weighted by Gasteiger charge is 2.47. The molecule has 0 saturated carbocycles. The Morgan fingerprint density at radius 2 is 1.97 bits per heavy atom. The highest BCUT2D eigenvalue weighted by atomic mass is 35.5. The summed E-state index contributed by atoms with van der Waals surface area (Å²) in [5.74, 6) is 1.31. The zero-order valence-electron chi connectivity index (χ0n) is 16.5. The Balaban J connectivity index is 1.63. The van der Waals surface area contributed by atoms with E-state index in [9.17, 15) is 0 Å². The number of nitrogens with zero attached hydrogens (tertiary/aromatic N) is 3. The number of piperidine rings is 1. The summed E-state index contributed by atoms with van der Waals surface area (Å²) in [5, 5.41) is 0.813. The van der Waals surface area contributed by atoms with Gasteiger partial charge in [-0.05, 0) is 25.8 Å². The number of benzene rings is 1. The van der Waals surface area contributed by atoms with Crippen molar-refractivity contribution in [2.24, 2.45) is 11.1 Å². The number of hydrogen-bond donors (Lipinski definition) is 2. The number of methoxy groups -OCH3 is 1. The molecular formula is C20H25Cl2N5O2. The van der Waals surface area contributed by atoms with Crippen LogP contribution in [0.1, 0.15) is 19.8 Å². The maximum absolute atomic E-state index is 6.42. The summed E-state index contributed by atoms with van der Waals surface area (Å²) in [6.45, 7) is 4.32. The van der Waals surface area contributed by atoms with E-state index in [0.29, 0.717) is 39.6 Å². The number of halogens is 2. The van der Waals surface area contributed by atoms with Crippen molar-refractivity contribution in [1.29, 1.82) is 0 Å². The maximum atomic E-state index is 6.42. The molecule has 4 rings (SSSR count). The Morgan fingerprint density at radius 3 is 2.59 bits per heavy atom. The summed E-state index contributed by atoms with van der Waals surface area (Å²) < 4.78 is 11.4. The van der Waals surface area contributed by atoms with Gasteiger partial charge in [0.2, 0.25) is 0 Å². The van der Waals surface area contributed by atoms with Crippen molar-refractivity contribution in [1.82, 2.24) is 9.97 Å². The number of nitrogen functional groups attached to an aromatic ring is 1. The quantitative estimate of drug-likeness (QED) is 0.758. The van der Waals surface area contributed by atoms with Gasteiger partial charge in [-0.1, -0.05) is 35.3 Å². The summed E-state index contributed by atoms with van der Waals surface area (Å²) >= 11 is 12.5. The summed E-state index contributed by atoms with van der Waals surface area (Å²) in [4.78, 5) is 11.4. The second-order valence-corrected chi connectivity index (χ2v) is 8.57. The van der Waals surface area contributed by atoms with E-state index < -0.39 is 0 Å². The van der Waals surface area contributed by atoms with Crippen molar-refractivity contribution < 1.29 is 9.47 Å². The van der Waals surface area contributed by atoms with Crippen LogP contribution in [-0.2, 0) is 4.74 Å². The fourth-order valence-electron chi connectivity index (χ4n) is 4.29. The van der Waals surface area contributed by atoms with Crippen LogP contribution in [0.2, 0.25) is 10.0 Å². The van der Waals surface area contributed by atoms with Crippen LogP contribution in [0.4, 0.5) is 11.6 Å². The van der Waals surface area contributed by atoms with E-state index in [2.05, 4.69) is 14.9 Å².